The van der Waals surface area contributed by atoms with Crippen LogP contribution in [0, 0.1) is 0 Å². The van der Waals surface area contributed by atoms with E-state index in [2.05, 4.69) is 6.92 Å². The summed E-state index contributed by atoms with van der Waals surface area (Å²) in [4.78, 5) is 24.7. The van der Waals surface area contributed by atoms with Crippen molar-refractivity contribution in [1.29, 1.82) is 0 Å². The molecule has 0 saturated carbocycles. The van der Waals surface area contributed by atoms with E-state index in [1.807, 2.05) is 43.3 Å². The highest BCUT2D eigenvalue weighted by molar-refractivity contribution is 5.98. The number of unbranched alkanes of at least 4 members (excludes halogenated alkanes) is 2. The average molecular weight is 383 g/mol. The molecule has 0 aliphatic rings. The molecule has 28 heavy (non-hydrogen) atoms. The Morgan fingerprint density at radius 3 is 2.43 bits per heavy atom. The number of rotatable bonds is 12. The van der Waals surface area contributed by atoms with Crippen molar-refractivity contribution in [3.8, 4) is 5.75 Å². The lowest BCUT2D eigenvalue weighted by Gasteiger charge is -2.12. The normalized spacial score (nSPS) is 10.5. The van der Waals surface area contributed by atoms with E-state index in [-0.39, 0.29) is 18.2 Å². The topological polar surface area (TPSA) is 52.6 Å². The van der Waals surface area contributed by atoms with Gasteiger partial charge in [0.1, 0.15) is 12.4 Å². The van der Waals surface area contributed by atoms with Crippen molar-refractivity contribution in [2.45, 2.75) is 59.0 Å². The Labute approximate surface area is 167 Å². The third-order valence-electron chi connectivity index (χ3n) is 4.45. The summed E-state index contributed by atoms with van der Waals surface area (Å²) in [5.74, 6) is 0.365. The van der Waals surface area contributed by atoms with Crippen LogP contribution in [-0.2, 0) is 22.6 Å². The molecule has 0 radical (unpaired) electrons. The highest BCUT2D eigenvalue weighted by Gasteiger charge is 2.16. The molecule has 0 atom stereocenters. The molecular weight excluding hydrogens is 352 g/mol. The standard InChI is InChI=1S/C24H30O4/c1-3-5-9-15-27-24(26)16-20-13-14-21(17-22(20)23(25)10-4-2)28-18-19-11-7-6-8-12-19/h6-8,11-14,17H,3-5,9-10,15-16,18H2,1-2H3. The summed E-state index contributed by atoms with van der Waals surface area (Å²) in [5, 5.41) is 0. The van der Waals surface area contributed by atoms with Crippen molar-refractivity contribution in [1.82, 2.24) is 0 Å². The van der Waals surface area contributed by atoms with E-state index in [0.29, 0.717) is 36.5 Å². The molecule has 2 aromatic carbocycles. The third-order valence-corrected chi connectivity index (χ3v) is 4.45. The van der Waals surface area contributed by atoms with Crippen LogP contribution < -0.4 is 4.74 Å². The van der Waals surface area contributed by atoms with Gasteiger partial charge in [-0.1, -0.05) is 63.1 Å². The van der Waals surface area contributed by atoms with E-state index in [9.17, 15) is 9.59 Å². The fraction of sp³-hybridized carbons (Fsp3) is 0.417. The average Bonchev–Trinajstić information content (AvgIpc) is 2.71. The van der Waals surface area contributed by atoms with E-state index >= 15 is 0 Å². The first-order valence-electron chi connectivity index (χ1n) is 10.1. The summed E-state index contributed by atoms with van der Waals surface area (Å²) in [6.07, 6.45) is 4.31. The summed E-state index contributed by atoms with van der Waals surface area (Å²) < 4.78 is 11.1. The van der Waals surface area contributed by atoms with Crippen molar-refractivity contribution >= 4 is 11.8 Å². The smallest absolute Gasteiger partial charge is 0.310 e. The zero-order valence-corrected chi connectivity index (χ0v) is 16.9. The highest BCUT2D eigenvalue weighted by atomic mass is 16.5. The van der Waals surface area contributed by atoms with Crippen LogP contribution in [0.25, 0.3) is 0 Å². The van der Waals surface area contributed by atoms with Crippen molar-refractivity contribution < 1.29 is 19.1 Å². The Morgan fingerprint density at radius 2 is 1.71 bits per heavy atom. The van der Waals surface area contributed by atoms with Crippen LogP contribution in [0.5, 0.6) is 5.75 Å². The van der Waals surface area contributed by atoms with Crippen LogP contribution >= 0.6 is 0 Å². The molecule has 0 aliphatic carbocycles. The maximum Gasteiger partial charge on any atom is 0.310 e. The maximum atomic E-state index is 12.6. The van der Waals surface area contributed by atoms with Crippen LogP contribution in [0.2, 0.25) is 0 Å². The first-order valence-corrected chi connectivity index (χ1v) is 10.1. The van der Waals surface area contributed by atoms with Gasteiger partial charge in [-0.25, -0.2) is 0 Å². The molecular formula is C24H30O4. The van der Waals surface area contributed by atoms with Gasteiger partial charge in [-0.2, -0.15) is 0 Å². The van der Waals surface area contributed by atoms with Crippen molar-refractivity contribution in [3.05, 3.63) is 65.2 Å². The van der Waals surface area contributed by atoms with E-state index in [0.717, 1.165) is 31.2 Å². The number of esters is 1. The SMILES string of the molecule is CCCCCOC(=O)Cc1ccc(OCc2ccccc2)cc1C(=O)CCC. The molecule has 0 unspecified atom stereocenters. The summed E-state index contributed by atoms with van der Waals surface area (Å²) in [6, 6.07) is 15.2. The summed E-state index contributed by atoms with van der Waals surface area (Å²) in [7, 11) is 0. The lowest BCUT2D eigenvalue weighted by Crippen LogP contribution is -2.13. The summed E-state index contributed by atoms with van der Waals surface area (Å²) >= 11 is 0. The van der Waals surface area contributed by atoms with Gasteiger partial charge in [-0.05, 0) is 36.1 Å². The van der Waals surface area contributed by atoms with Gasteiger partial charge < -0.3 is 9.47 Å². The molecule has 0 amide bonds. The van der Waals surface area contributed by atoms with Gasteiger partial charge in [-0.15, -0.1) is 0 Å². The van der Waals surface area contributed by atoms with Gasteiger partial charge in [0.2, 0.25) is 0 Å². The molecule has 2 aromatic rings. The van der Waals surface area contributed by atoms with E-state index in [1.54, 1.807) is 12.1 Å². The molecule has 4 heteroatoms. The number of ketones is 1. The van der Waals surface area contributed by atoms with Crippen LogP contribution in [-0.4, -0.2) is 18.4 Å². The fourth-order valence-electron chi connectivity index (χ4n) is 2.91. The number of hydrogen-bond acceptors (Lipinski definition) is 4. The van der Waals surface area contributed by atoms with Crippen LogP contribution in [0.1, 0.15) is 67.4 Å². The van der Waals surface area contributed by atoms with Gasteiger partial charge in [0.25, 0.3) is 0 Å². The van der Waals surface area contributed by atoms with Crippen LogP contribution in [0.4, 0.5) is 0 Å². The monoisotopic (exact) mass is 382 g/mol. The van der Waals surface area contributed by atoms with Gasteiger partial charge in [-0.3, -0.25) is 9.59 Å². The van der Waals surface area contributed by atoms with Crippen molar-refractivity contribution in [3.63, 3.8) is 0 Å². The maximum absolute atomic E-state index is 12.6. The molecule has 0 fully saturated rings. The van der Waals surface area contributed by atoms with Crippen molar-refractivity contribution in [2.75, 3.05) is 6.61 Å². The molecule has 150 valence electrons. The van der Waals surface area contributed by atoms with E-state index in [4.69, 9.17) is 9.47 Å². The molecule has 0 aromatic heterocycles. The molecule has 0 bridgehead atoms. The zero-order chi connectivity index (χ0) is 20.2. The number of benzene rings is 2. The quantitative estimate of drug-likeness (QED) is 0.275. The third kappa shape index (κ3) is 7.18. The minimum atomic E-state index is -0.292. The highest BCUT2D eigenvalue weighted by Crippen LogP contribution is 2.22. The zero-order valence-electron chi connectivity index (χ0n) is 16.9. The Kier molecular flexibility index (Phi) is 9.26. The largest absolute Gasteiger partial charge is 0.489 e. The number of carbonyl (C=O) groups is 2. The molecule has 0 heterocycles. The van der Waals surface area contributed by atoms with Crippen LogP contribution in [0.3, 0.4) is 0 Å². The number of ether oxygens (including phenoxy) is 2. The van der Waals surface area contributed by atoms with Crippen LogP contribution in [0.15, 0.2) is 48.5 Å². The lowest BCUT2D eigenvalue weighted by molar-refractivity contribution is -0.142. The lowest BCUT2D eigenvalue weighted by atomic mass is 9.98. The molecule has 0 aliphatic heterocycles. The van der Waals surface area contributed by atoms with Gasteiger partial charge >= 0.3 is 5.97 Å². The molecule has 4 nitrogen and oxygen atoms in total. The molecule has 0 N–H and O–H groups in total. The number of carbonyl (C=O) groups excluding carboxylic acids is 2. The van der Waals surface area contributed by atoms with Gasteiger partial charge in [0, 0.05) is 12.0 Å². The molecule has 0 spiro atoms. The van der Waals surface area contributed by atoms with E-state index in [1.165, 1.54) is 0 Å². The Balaban J connectivity index is 2.06. The minimum absolute atomic E-state index is 0.0291. The Morgan fingerprint density at radius 1 is 0.929 bits per heavy atom. The number of hydrogen-bond donors (Lipinski definition) is 0. The second-order valence-electron chi connectivity index (χ2n) is 6.87. The Hall–Kier alpha value is -2.62. The summed E-state index contributed by atoms with van der Waals surface area (Å²) in [5.41, 5.74) is 2.31. The van der Waals surface area contributed by atoms with Gasteiger partial charge in [0.15, 0.2) is 5.78 Å². The first-order chi connectivity index (χ1) is 13.6. The summed E-state index contributed by atoms with van der Waals surface area (Å²) in [6.45, 7) is 4.94. The van der Waals surface area contributed by atoms with Crippen molar-refractivity contribution in [2.24, 2.45) is 0 Å². The second-order valence-corrected chi connectivity index (χ2v) is 6.87. The fourth-order valence-corrected chi connectivity index (χ4v) is 2.91. The Bertz CT molecular complexity index is 752. The van der Waals surface area contributed by atoms with Gasteiger partial charge in [0.05, 0.1) is 13.0 Å². The molecule has 0 saturated heterocycles. The molecule has 2 rings (SSSR count). The first kappa shape index (κ1) is 21.7. The predicted molar refractivity (Wildman–Crippen MR) is 111 cm³/mol. The minimum Gasteiger partial charge on any atom is -0.489 e. The predicted octanol–water partition coefficient (Wildman–Crippen LogP) is 5.52. The number of Topliss-reactive ketones (excluding diaryl/α,β-unsaturated/α-hetero) is 1. The van der Waals surface area contributed by atoms with E-state index < -0.39 is 0 Å². The second kappa shape index (κ2) is 12.0.